The number of thioether (sulfide) groups is 1. The standard InChI is InChI=1S/C24H27N3O6S2/c1-24(2,3)33-23(29)25-13-21(28)26-22-27(19-14-35(30,31)15-20(19)34-22)16-9-11-18(12-10-16)32-17-7-5-4-6-8-17/h4-12,19-20H,13-15H2,1-3H3,(H,25,29)/t19-,20-/m1/s1. The van der Waals surface area contributed by atoms with E-state index in [9.17, 15) is 18.0 Å². The molecule has 9 nitrogen and oxygen atoms in total. The molecule has 0 unspecified atom stereocenters. The molecule has 11 heteroatoms. The second kappa shape index (κ2) is 9.90. The number of sulfone groups is 1. The van der Waals surface area contributed by atoms with Crippen LogP contribution in [0.15, 0.2) is 59.6 Å². The summed E-state index contributed by atoms with van der Waals surface area (Å²) in [5.41, 5.74) is 0.0189. The van der Waals surface area contributed by atoms with Gasteiger partial charge < -0.3 is 19.7 Å². The lowest BCUT2D eigenvalue weighted by molar-refractivity contribution is -0.117. The predicted molar refractivity (Wildman–Crippen MR) is 136 cm³/mol. The monoisotopic (exact) mass is 517 g/mol. The van der Waals surface area contributed by atoms with Crippen LogP contribution < -0.4 is 15.0 Å². The highest BCUT2D eigenvalue weighted by Crippen LogP contribution is 2.41. The Kier molecular flexibility index (Phi) is 7.09. The van der Waals surface area contributed by atoms with E-state index in [1.807, 2.05) is 42.5 Å². The Balaban J connectivity index is 1.51. The molecule has 0 aromatic heterocycles. The Morgan fingerprint density at radius 2 is 1.71 bits per heavy atom. The molecule has 2 heterocycles. The van der Waals surface area contributed by atoms with E-state index >= 15 is 0 Å². The van der Waals surface area contributed by atoms with Crippen molar-refractivity contribution in [1.82, 2.24) is 5.32 Å². The van der Waals surface area contributed by atoms with Gasteiger partial charge in [0.25, 0.3) is 5.91 Å². The molecular weight excluding hydrogens is 490 g/mol. The second-order valence-electron chi connectivity index (χ2n) is 9.22. The van der Waals surface area contributed by atoms with Crippen LogP contribution in [0.1, 0.15) is 20.8 Å². The summed E-state index contributed by atoms with van der Waals surface area (Å²) >= 11 is 1.27. The van der Waals surface area contributed by atoms with Crippen LogP contribution in [0.2, 0.25) is 0 Å². The van der Waals surface area contributed by atoms with Crippen LogP contribution in [0.25, 0.3) is 0 Å². The minimum absolute atomic E-state index is 0.0176. The van der Waals surface area contributed by atoms with Gasteiger partial charge in [0.05, 0.1) is 17.5 Å². The molecule has 35 heavy (non-hydrogen) atoms. The van der Waals surface area contributed by atoms with E-state index in [-0.39, 0.29) is 29.3 Å². The van der Waals surface area contributed by atoms with Crippen molar-refractivity contribution in [2.45, 2.75) is 37.7 Å². The number of amidine groups is 1. The van der Waals surface area contributed by atoms with Crippen molar-refractivity contribution in [2.24, 2.45) is 4.99 Å². The molecule has 2 atom stereocenters. The van der Waals surface area contributed by atoms with E-state index in [4.69, 9.17) is 9.47 Å². The lowest BCUT2D eigenvalue weighted by Gasteiger charge is -2.24. The average molecular weight is 518 g/mol. The molecule has 2 saturated heterocycles. The summed E-state index contributed by atoms with van der Waals surface area (Å²) < 4.78 is 35.5. The molecule has 2 fully saturated rings. The molecule has 4 rings (SSSR count). The van der Waals surface area contributed by atoms with E-state index < -0.39 is 27.4 Å². The SMILES string of the molecule is CC(C)(C)OC(=O)NCC(=O)N=C1S[C@@H]2CS(=O)(=O)C[C@H]2N1c1ccc(Oc2ccccc2)cc1. The highest BCUT2D eigenvalue weighted by Gasteiger charge is 2.49. The number of para-hydroxylation sites is 1. The van der Waals surface area contributed by atoms with Crippen LogP contribution in [0.3, 0.4) is 0 Å². The molecular formula is C24H27N3O6S2. The van der Waals surface area contributed by atoms with E-state index in [1.54, 1.807) is 37.8 Å². The summed E-state index contributed by atoms with van der Waals surface area (Å²) in [6.45, 7) is 4.85. The number of carbonyl (C=O) groups excluding carboxylic acids is 2. The van der Waals surface area contributed by atoms with Crippen LogP contribution in [-0.2, 0) is 19.4 Å². The first-order valence-corrected chi connectivity index (χ1v) is 13.8. The summed E-state index contributed by atoms with van der Waals surface area (Å²) in [7, 11) is -3.19. The number of rotatable bonds is 5. The maximum atomic E-state index is 12.5. The fourth-order valence-electron chi connectivity index (χ4n) is 3.77. The van der Waals surface area contributed by atoms with Crippen LogP contribution >= 0.6 is 11.8 Å². The fraction of sp³-hybridized carbons (Fsp3) is 0.375. The molecule has 2 amide bonds. The van der Waals surface area contributed by atoms with Crippen molar-refractivity contribution >= 4 is 44.5 Å². The van der Waals surface area contributed by atoms with Gasteiger partial charge in [-0.05, 0) is 57.2 Å². The molecule has 2 aliphatic heterocycles. The number of carbonyl (C=O) groups is 2. The minimum atomic E-state index is -3.19. The molecule has 0 radical (unpaired) electrons. The normalized spacial score (nSPS) is 22.0. The maximum absolute atomic E-state index is 12.5. The first-order chi connectivity index (χ1) is 16.5. The molecule has 2 aromatic carbocycles. The predicted octanol–water partition coefficient (Wildman–Crippen LogP) is 3.61. The lowest BCUT2D eigenvalue weighted by Crippen LogP contribution is -2.38. The Morgan fingerprint density at radius 1 is 1.06 bits per heavy atom. The molecule has 186 valence electrons. The van der Waals surface area contributed by atoms with Crippen LogP contribution in [0, 0.1) is 0 Å². The third-order valence-electron chi connectivity index (χ3n) is 5.16. The highest BCUT2D eigenvalue weighted by atomic mass is 32.2. The van der Waals surface area contributed by atoms with E-state index in [1.165, 1.54) is 11.8 Å². The Labute approximate surface area is 208 Å². The van der Waals surface area contributed by atoms with Crippen molar-refractivity contribution < 1.29 is 27.5 Å². The summed E-state index contributed by atoms with van der Waals surface area (Å²) in [4.78, 5) is 30.3. The summed E-state index contributed by atoms with van der Waals surface area (Å²) in [5.74, 6) is 0.770. The zero-order valence-corrected chi connectivity index (χ0v) is 21.3. The first kappa shape index (κ1) is 25.1. The maximum Gasteiger partial charge on any atom is 0.408 e. The number of alkyl carbamates (subject to hydrolysis) is 1. The highest BCUT2D eigenvalue weighted by molar-refractivity contribution is 8.16. The molecule has 2 aliphatic rings. The van der Waals surface area contributed by atoms with E-state index in [0.29, 0.717) is 22.4 Å². The fourth-order valence-corrected chi connectivity index (χ4v) is 7.71. The van der Waals surface area contributed by atoms with E-state index in [2.05, 4.69) is 10.3 Å². The number of fused-ring (bicyclic) bond motifs is 1. The number of benzene rings is 2. The van der Waals surface area contributed by atoms with Gasteiger partial charge in [0.15, 0.2) is 15.0 Å². The summed E-state index contributed by atoms with van der Waals surface area (Å²) in [6.07, 6.45) is -0.709. The van der Waals surface area contributed by atoms with Gasteiger partial charge in [-0.2, -0.15) is 4.99 Å². The zero-order valence-electron chi connectivity index (χ0n) is 19.6. The second-order valence-corrected chi connectivity index (χ2v) is 12.6. The summed E-state index contributed by atoms with van der Waals surface area (Å²) in [6, 6.07) is 16.2. The van der Waals surface area contributed by atoms with Gasteiger partial charge in [-0.25, -0.2) is 13.2 Å². The van der Waals surface area contributed by atoms with Crippen LogP contribution in [0.5, 0.6) is 11.5 Å². The number of amides is 2. The Bertz CT molecular complexity index is 1220. The number of anilines is 1. The van der Waals surface area contributed by atoms with Gasteiger partial charge in [-0.3, -0.25) is 4.79 Å². The van der Waals surface area contributed by atoms with Gasteiger partial charge in [-0.1, -0.05) is 30.0 Å². The minimum Gasteiger partial charge on any atom is -0.457 e. The topological polar surface area (TPSA) is 114 Å². The van der Waals surface area contributed by atoms with Crippen molar-refractivity contribution in [3.05, 3.63) is 54.6 Å². The van der Waals surface area contributed by atoms with Crippen LogP contribution in [0.4, 0.5) is 10.5 Å². The molecule has 0 bridgehead atoms. The van der Waals surface area contributed by atoms with Crippen molar-refractivity contribution in [1.29, 1.82) is 0 Å². The average Bonchev–Trinajstić information content (AvgIpc) is 3.23. The lowest BCUT2D eigenvalue weighted by atomic mass is 10.2. The first-order valence-electron chi connectivity index (χ1n) is 11.1. The Morgan fingerprint density at radius 3 is 2.37 bits per heavy atom. The van der Waals surface area contributed by atoms with Gasteiger partial charge in [0.2, 0.25) is 0 Å². The zero-order chi connectivity index (χ0) is 25.2. The largest absolute Gasteiger partial charge is 0.457 e. The number of hydrogen-bond donors (Lipinski definition) is 1. The number of nitrogens with one attached hydrogen (secondary N) is 1. The van der Waals surface area contributed by atoms with Crippen LogP contribution in [-0.4, -0.2) is 60.5 Å². The third-order valence-corrected chi connectivity index (χ3v) is 8.37. The molecule has 2 aromatic rings. The van der Waals surface area contributed by atoms with Crippen molar-refractivity contribution in [2.75, 3.05) is 23.0 Å². The quantitative estimate of drug-likeness (QED) is 0.640. The van der Waals surface area contributed by atoms with Gasteiger partial charge in [0.1, 0.15) is 23.6 Å². The van der Waals surface area contributed by atoms with Crippen molar-refractivity contribution in [3.63, 3.8) is 0 Å². The van der Waals surface area contributed by atoms with E-state index in [0.717, 1.165) is 0 Å². The third kappa shape index (κ3) is 6.55. The van der Waals surface area contributed by atoms with Gasteiger partial charge in [-0.15, -0.1) is 0 Å². The smallest absolute Gasteiger partial charge is 0.408 e. The molecule has 1 N–H and O–H groups in total. The van der Waals surface area contributed by atoms with Gasteiger partial charge >= 0.3 is 6.09 Å². The number of nitrogens with zero attached hydrogens (tertiary/aromatic N) is 2. The molecule has 0 spiro atoms. The number of ether oxygens (including phenoxy) is 2. The Hall–Kier alpha value is -3.05. The number of aliphatic imine (C=N–C) groups is 1. The van der Waals surface area contributed by atoms with Gasteiger partial charge in [0, 0.05) is 10.9 Å². The molecule has 0 saturated carbocycles. The van der Waals surface area contributed by atoms with Crippen molar-refractivity contribution in [3.8, 4) is 11.5 Å². The summed E-state index contributed by atoms with van der Waals surface area (Å²) in [5, 5.41) is 2.58. The number of hydrogen-bond acceptors (Lipinski definition) is 7. The molecule has 0 aliphatic carbocycles.